The predicted octanol–water partition coefficient (Wildman–Crippen LogP) is 0.377. The van der Waals surface area contributed by atoms with Crippen molar-refractivity contribution < 1.29 is 72.0 Å². The normalized spacial score (nSPS) is 24.7. The molecule has 1 aliphatic rings. The Hall–Kier alpha value is -6.42. The third kappa shape index (κ3) is 16.3. The molecular weight excluding hydrogens is 927 g/mol. The summed E-state index contributed by atoms with van der Waals surface area (Å²) < 4.78 is 23.4. The van der Waals surface area contributed by atoms with E-state index in [-0.39, 0.29) is 12.8 Å². The Kier molecular flexibility index (Phi) is 23.3. The van der Waals surface area contributed by atoms with E-state index in [0.29, 0.717) is 5.56 Å². The molecule has 1 aliphatic heterocycles. The fourth-order valence-electron chi connectivity index (χ4n) is 7.47. The number of amides is 7. The lowest BCUT2D eigenvalue weighted by atomic mass is 9.95. The van der Waals surface area contributed by atoms with E-state index in [0.717, 1.165) is 21.6 Å². The third-order valence-corrected chi connectivity index (χ3v) is 12.2. The van der Waals surface area contributed by atoms with Gasteiger partial charge >= 0.3 is 17.9 Å². The molecule has 1 fully saturated rings. The van der Waals surface area contributed by atoms with Crippen molar-refractivity contribution in [3.63, 3.8) is 0 Å². The summed E-state index contributed by atoms with van der Waals surface area (Å²) in [5, 5.41) is 21.0. The summed E-state index contributed by atoms with van der Waals surface area (Å²) >= 11 is 0. The highest BCUT2D eigenvalue weighted by Crippen LogP contribution is 2.23. The van der Waals surface area contributed by atoms with Crippen molar-refractivity contribution in [3.8, 4) is 0 Å². The molecule has 0 radical (unpaired) electrons. The Morgan fingerprint density at radius 3 is 1.93 bits per heavy atom. The van der Waals surface area contributed by atoms with Crippen LogP contribution < -0.4 is 21.3 Å². The molecule has 7 amide bonds. The minimum absolute atomic E-state index is 0.0591. The topological polar surface area (TPSA) is 286 Å². The van der Waals surface area contributed by atoms with Gasteiger partial charge in [0, 0.05) is 48.0 Å². The number of likely N-dealkylation sites (N-methyl/N-ethyl adjacent to an activating group) is 3. The number of benzene rings is 1. The molecule has 0 unspecified atom stereocenters. The fraction of sp³-hybridized carbons (Fsp3) is 0.633. The van der Waals surface area contributed by atoms with E-state index in [4.69, 9.17) is 18.9 Å². The summed E-state index contributed by atoms with van der Waals surface area (Å²) in [6.45, 7) is 19.9. The van der Waals surface area contributed by atoms with Crippen LogP contribution >= 0.6 is 0 Å². The highest BCUT2D eigenvalue weighted by Gasteiger charge is 2.47. The average Bonchev–Trinajstić information content (AvgIpc) is 3.32. The van der Waals surface area contributed by atoms with E-state index < -0.39 is 149 Å². The van der Waals surface area contributed by atoms with Crippen LogP contribution in [-0.2, 0) is 73.3 Å². The van der Waals surface area contributed by atoms with E-state index in [1.54, 1.807) is 71.9 Å². The molecule has 11 atom stereocenters. The van der Waals surface area contributed by atoms with Gasteiger partial charge in [-0.3, -0.25) is 33.6 Å². The van der Waals surface area contributed by atoms with Gasteiger partial charge in [0.2, 0.25) is 29.5 Å². The lowest BCUT2D eigenvalue weighted by Gasteiger charge is -2.39. The van der Waals surface area contributed by atoms with Gasteiger partial charge in [-0.25, -0.2) is 14.4 Å². The Balaban J connectivity index is 2.97. The minimum atomic E-state index is -1.86. The molecule has 2 rings (SSSR count). The molecule has 71 heavy (non-hydrogen) atoms. The highest BCUT2D eigenvalue weighted by molar-refractivity contribution is 6.01. The van der Waals surface area contributed by atoms with Gasteiger partial charge in [-0.15, -0.1) is 0 Å². The van der Waals surface area contributed by atoms with Crippen LogP contribution in [0.4, 0.5) is 0 Å². The lowest BCUT2D eigenvalue weighted by molar-refractivity contribution is -0.177. The van der Waals surface area contributed by atoms with Crippen LogP contribution in [0.5, 0.6) is 0 Å². The number of cyclic esters (lactones) is 2. The zero-order valence-corrected chi connectivity index (χ0v) is 43.6. The number of nitrogens with zero attached hydrogens (tertiary/aromatic N) is 3. The van der Waals surface area contributed by atoms with Crippen molar-refractivity contribution in [2.45, 2.75) is 156 Å². The lowest BCUT2D eigenvalue weighted by Crippen LogP contribution is -2.64. The zero-order chi connectivity index (χ0) is 54.3. The first kappa shape index (κ1) is 60.7. The van der Waals surface area contributed by atoms with E-state index >= 15 is 4.79 Å². The number of rotatable bonds is 14. The molecule has 0 spiro atoms. The number of esters is 3. The largest absolute Gasteiger partial charge is 0.458 e. The SMILES string of the molecule is C=C1C(=O)N[C@H](C)C(=O)N(C)[C@@H](C)C(=O)N[C@H]([C@@H](OC(=O)[C@@H](NC(=O)CC)[C@@H](O)C(C)C)C(C)C)C(=O)N(C)[C@@H]([C@H](C)OC)C(=O)O[C@H](C(C)C)[C@H](NC(C)=O)C(=O)O[C@H](Cc2ccccc2)C(=O)N1C. The van der Waals surface area contributed by atoms with Crippen LogP contribution in [0.15, 0.2) is 42.6 Å². The second kappa shape index (κ2) is 27.3. The van der Waals surface area contributed by atoms with E-state index in [1.165, 1.54) is 55.9 Å². The van der Waals surface area contributed by atoms with Gasteiger partial charge < -0.3 is 60.0 Å². The number of hydrogen-bond donors (Lipinski definition) is 5. The van der Waals surface area contributed by atoms with Gasteiger partial charge in [0.15, 0.2) is 24.2 Å². The maximum atomic E-state index is 15.1. The summed E-state index contributed by atoms with van der Waals surface area (Å²) in [5.74, 6) is -11.8. The molecule has 1 aromatic carbocycles. The van der Waals surface area contributed by atoms with Gasteiger partial charge in [0.25, 0.3) is 11.8 Å². The predicted molar refractivity (Wildman–Crippen MR) is 257 cm³/mol. The van der Waals surface area contributed by atoms with Crippen LogP contribution in [-0.4, -0.2) is 174 Å². The van der Waals surface area contributed by atoms with Crippen LogP contribution in [0, 0.1) is 17.8 Å². The van der Waals surface area contributed by atoms with Gasteiger partial charge in [-0.1, -0.05) is 85.4 Å². The molecule has 0 bridgehead atoms. The molecule has 22 nitrogen and oxygen atoms in total. The van der Waals surface area contributed by atoms with Crippen LogP contribution in [0.1, 0.15) is 88.1 Å². The van der Waals surface area contributed by atoms with Gasteiger partial charge in [-0.05, 0) is 44.1 Å². The number of ether oxygens (including phenoxy) is 4. The van der Waals surface area contributed by atoms with Gasteiger partial charge in [0.1, 0.15) is 36.0 Å². The molecule has 1 aromatic rings. The Morgan fingerprint density at radius 1 is 0.831 bits per heavy atom. The molecule has 0 aliphatic carbocycles. The molecule has 0 aromatic heterocycles. The first-order valence-corrected chi connectivity index (χ1v) is 23.6. The molecule has 1 saturated heterocycles. The standard InChI is InChI=1S/C49H75N7O15/c1-17-34(58)52-35(39(59)24(2)3)47(65)70-40(25(4)5)36-46(64)56(15)38(30(11)68-16)49(67)71-41(26(6)7)37(51-31(12)57)48(66)69-33(23-32-21-19-18-20-22-32)45(63)55(14)28(9)42(60)50-27(8)44(62)54(13)29(10)43(61)53-36/h18-22,24-27,29-30,33,35-41,59H,9,17,23H2,1-8,10-16H3,(H,50,60)(H,51,57)(H,52,58)(H,53,61)/t27-,29+,30+,33-,35+,36-,37+,38+,39+,40+,41-/m1/s1. The summed E-state index contributed by atoms with van der Waals surface area (Å²) in [7, 11) is 4.88. The third-order valence-electron chi connectivity index (χ3n) is 12.2. The summed E-state index contributed by atoms with van der Waals surface area (Å²) in [5.41, 5.74) is 0.0576. The molecule has 5 N–H and O–H groups in total. The number of carbonyl (C=O) groups excluding carboxylic acids is 10. The van der Waals surface area contributed by atoms with Crippen molar-refractivity contribution in [1.29, 1.82) is 0 Å². The van der Waals surface area contributed by atoms with E-state index in [1.807, 2.05) is 0 Å². The maximum absolute atomic E-state index is 15.1. The number of aliphatic hydroxyl groups is 1. The van der Waals surface area contributed by atoms with Crippen molar-refractivity contribution in [1.82, 2.24) is 36.0 Å². The molecule has 22 heteroatoms. The Bertz CT molecular complexity index is 2100. The second-order valence-corrected chi connectivity index (χ2v) is 18.7. The van der Waals surface area contributed by atoms with Crippen molar-refractivity contribution in [2.24, 2.45) is 17.8 Å². The van der Waals surface area contributed by atoms with Gasteiger partial charge in [0.05, 0.1) is 12.2 Å². The van der Waals surface area contributed by atoms with E-state index in [2.05, 4.69) is 27.8 Å². The maximum Gasteiger partial charge on any atom is 0.333 e. The number of nitrogens with one attached hydrogen (secondary N) is 4. The zero-order valence-electron chi connectivity index (χ0n) is 43.6. The van der Waals surface area contributed by atoms with Crippen LogP contribution in [0.3, 0.4) is 0 Å². The quantitative estimate of drug-likeness (QED) is 0.0957. The molecule has 396 valence electrons. The first-order valence-electron chi connectivity index (χ1n) is 23.6. The number of methoxy groups -OCH3 is 1. The highest BCUT2D eigenvalue weighted by atomic mass is 16.6. The monoisotopic (exact) mass is 1000 g/mol. The smallest absolute Gasteiger partial charge is 0.333 e. The molecule has 1 heterocycles. The number of hydrogen-bond acceptors (Lipinski definition) is 15. The number of aliphatic hydroxyl groups excluding tert-OH is 1. The first-order chi connectivity index (χ1) is 33.0. The van der Waals surface area contributed by atoms with Crippen molar-refractivity contribution in [2.75, 3.05) is 28.3 Å². The van der Waals surface area contributed by atoms with Crippen LogP contribution in [0.2, 0.25) is 0 Å². The number of carbonyl (C=O) groups is 10. The Labute approximate surface area is 416 Å². The minimum Gasteiger partial charge on any atom is -0.458 e. The fourth-order valence-corrected chi connectivity index (χ4v) is 7.47. The van der Waals surface area contributed by atoms with E-state index in [9.17, 15) is 48.3 Å². The Morgan fingerprint density at radius 2 is 1.42 bits per heavy atom. The molecule has 0 saturated carbocycles. The van der Waals surface area contributed by atoms with Gasteiger partial charge in [-0.2, -0.15) is 0 Å². The summed E-state index contributed by atoms with van der Waals surface area (Å²) in [6, 6.07) is -1.31. The summed E-state index contributed by atoms with van der Waals surface area (Å²) in [6.07, 6.45) is -7.75. The second-order valence-electron chi connectivity index (χ2n) is 18.7. The average molecular weight is 1000 g/mol. The molecular formula is C49H75N7O15. The van der Waals surface area contributed by atoms with Crippen molar-refractivity contribution >= 4 is 59.3 Å². The van der Waals surface area contributed by atoms with Crippen LogP contribution in [0.25, 0.3) is 0 Å². The summed E-state index contributed by atoms with van der Waals surface area (Å²) in [4.78, 5) is 142. The van der Waals surface area contributed by atoms with Crippen molar-refractivity contribution in [3.05, 3.63) is 48.2 Å².